The molecule has 0 aromatic heterocycles. The molecular weight excluding hydrogens is 138 g/mol. The van der Waals surface area contributed by atoms with Gasteiger partial charge < -0.3 is 4.90 Å². The molecule has 66 valence electrons. The monoisotopic (exact) mass is 157 g/mol. The smallest absolute Gasteiger partial charge is 0.133 e. The van der Waals surface area contributed by atoms with Gasteiger partial charge in [0.15, 0.2) is 0 Å². The Labute approximate surface area is 69.6 Å². The molecule has 1 atom stereocenters. The molecule has 0 N–H and O–H groups in total. The molecule has 2 heteroatoms. The highest BCUT2D eigenvalue weighted by Gasteiger charge is 2.10. The summed E-state index contributed by atoms with van der Waals surface area (Å²) in [6, 6.07) is 0. The molecule has 11 heavy (non-hydrogen) atoms. The number of ketones is 1. The highest BCUT2D eigenvalue weighted by Crippen LogP contribution is 2.00. The first-order valence-electron chi connectivity index (χ1n) is 4.34. The Morgan fingerprint density at radius 2 is 1.82 bits per heavy atom. The van der Waals surface area contributed by atoms with Gasteiger partial charge in [-0.1, -0.05) is 20.8 Å². The topological polar surface area (TPSA) is 20.3 Å². The van der Waals surface area contributed by atoms with Crippen molar-refractivity contribution in [3.8, 4) is 0 Å². The van der Waals surface area contributed by atoms with E-state index in [4.69, 9.17) is 0 Å². The van der Waals surface area contributed by atoms with E-state index in [1.165, 1.54) is 0 Å². The minimum Gasteiger partial charge on any atom is -0.303 e. The van der Waals surface area contributed by atoms with Gasteiger partial charge in [-0.25, -0.2) is 0 Å². The lowest BCUT2D eigenvalue weighted by Crippen LogP contribution is -2.30. The van der Waals surface area contributed by atoms with Gasteiger partial charge in [0.1, 0.15) is 5.78 Å². The van der Waals surface area contributed by atoms with Crippen molar-refractivity contribution < 1.29 is 4.79 Å². The summed E-state index contributed by atoms with van der Waals surface area (Å²) >= 11 is 0. The predicted octanol–water partition coefficient (Wildman–Crippen LogP) is 1.55. The molecule has 0 spiro atoms. The summed E-state index contributed by atoms with van der Waals surface area (Å²) in [6.45, 7) is 10.9. The summed E-state index contributed by atoms with van der Waals surface area (Å²) in [7, 11) is 0. The van der Waals surface area contributed by atoms with E-state index in [2.05, 4.69) is 18.7 Å². The predicted molar refractivity (Wildman–Crippen MR) is 47.6 cm³/mol. The van der Waals surface area contributed by atoms with Crippen LogP contribution in [0.15, 0.2) is 0 Å². The minimum atomic E-state index is 0.190. The lowest BCUT2D eigenvalue weighted by Gasteiger charge is -2.20. The maximum Gasteiger partial charge on any atom is 0.133 e. The number of nitrogens with zero attached hydrogens (tertiary/aromatic N) is 1. The maximum absolute atomic E-state index is 10.9. The minimum absolute atomic E-state index is 0.190. The molecule has 0 aromatic carbocycles. The SMILES string of the molecule is CCN(CC)CC(C)C(C)=O. The van der Waals surface area contributed by atoms with Crippen LogP contribution in [0.4, 0.5) is 0 Å². The molecule has 0 aliphatic heterocycles. The molecule has 0 fully saturated rings. The zero-order valence-corrected chi connectivity index (χ0v) is 8.05. The van der Waals surface area contributed by atoms with Gasteiger partial charge in [0.25, 0.3) is 0 Å². The van der Waals surface area contributed by atoms with E-state index in [0.29, 0.717) is 0 Å². The Morgan fingerprint density at radius 1 is 1.36 bits per heavy atom. The highest BCUT2D eigenvalue weighted by molar-refractivity contribution is 5.78. The molecule has 2 nitrogen and oxygen atoms in total. The van der Waals surface area contributed by atoms with Crippen molar-refractivity contribution >= 4 is 5.78 Å². The summed E-state index contributed by atoms with van der Waals surface area (Å²) in [6.07, 6.45) is 0. The molecule has 0 bridgehead atoms. The second kappa shape index (κ2) is 5.30. The molecule has 0 saturated carbocycles. The number of carbonyl (C=O) groups is 1. The van der Waals surface area contributed by atoms with Crippen LogP contribution in [0.2, 0.25) is 0 Å². The average molecular weight is 157 g/mol. The van der Waals surface area contributed by atoms with E-state index in [1.807, 2.05) is 6.92 Å². The van der Waals surface area contributed by atoms with Crippen molar-refractivity contribution in [2.24, 2.45) is 5.92 Å². The third-order valence-electron chi connectivity index (χ3n) is 2.12. The summed E-state index contributed by atoms with van der Waals surface area (Å²) in [5, 5.41) is 0. The molecule has 0 radical (unpaired) electrons. The van der Waals surface area contributed by atoms with Crippen LogP contribution in [0, 0.1) is 5.92 Å². The van der Waals surface area contributed by atoms with E-state index in [-0.39, 0.29) is 11.7 Å². The fourth-order valence-electron chi connectivity index (χ4n) is 0.998. The van der Waals surface area contributed by atoms with Crippen molar-refractivity contribution in [3.63, 3.8) is 0 Å². The van der Waals surface area contributed by atoms with Crippen molar-refractivity contribution in [1.29, 1.82) is 0 Å². The van der Waals surface area contributed by atoms with Gasteiger partial charge in [0, 0.05) is 12.5 Å². The Morgan fingerprint density at radius 3 is 2.09 bits per heavy atom. The van der Waals surface area contributed by atoms with Crippen LogP contribution < -0.4 is 0 Å². The average Bonchev–Trinajstić information content (AvgIpc) is 1.99. The quantitative estimate of drug-likeness (QED) is 0.603. The summed E-state index contributed by atoms with van der Waals surface area (Å²) in [5.41, 5.74) is 0. The first kappa shape index (κ1) is 10.6. The van der Waals surface area contributed by atoms with Crippen molar-refractivity contribution in [1.82, 2.24) is 4.90 Å². The first-order chi connectivity index (χ1) is 5.11. The Bertz CT molecular complexity index is 119. The fourth-order valence-corrected chi connectivity index (χ4v) is 0.998. The number of rotatable bonds is 5. The van der Waals surface area contributed by atoms with E-state index in [1.54, 1.807) is 6.92 Å². The van der Waals surface area contributed by atoms with Crippen LogP contribution in [0.25, 0.3) is 0 Å². The molecule has 0 aliphatic carbocycles. The highest BCUT2D eigenvalue weighted by atomic mass is 16.1. The van der Waals surface area contributed by atoms with Crippen LogP contribution >= 0.6 is 0 Å². The van der Waals surface area contributed by atoms with Gasteiger partial charge in [-0.3, -0.25) is 4.79 Å². The lowest BCUT2D eigenvalue weighted by molar-refractivity contribution is -0.120. The molecule has 0 aliphatic rings. The standard InChI is InChI=1S/C9H19NO/c1-5-10(6-2)7-8(3)9(4)11/h8H,5-7H2,1-4H3. The third-order valence-corrected chi connectivity index (χ3v) is 2.12. The lowest BCUT2D eigenvalue weighted by atomic mass is 10.1. The summed E-state index contributed by atoms with van der Waals surface area (Å²) < 4.78 is 0. The van der Waals surface area contributed by atoms with Gasteiger partial charge in [0.2, 0.25) is 0 Å². The van der Waals surface area contributed by atoms with Crippen LogP contribution in [-0.4, -0.2) is 30.3 Å². The number of hydrogen-bond donors (Lipinski definition) is 0. The second-order valence-electron chi connectivity index (χ2n) is 3.00. The van der Waals surface area contributed by atoms with Crippen LogP contribution in [-0.2, 0) is 4.79 Å². The van der Waals surface area contributed by atoms with Crippen LogP contribution in [0.5, 0.6) is 0 Å². The van der Waals surface area contributed by atoms with Gasteiger partial charge in [-0.15, -0.1) is 0 Å². The summed E-state index contributed by atoms with van der Waals surface area (Å²) in [4.78, 5) is 13.2. The van der Waals surface area contributed by atoms with E-state index >= 15 is 0 Å². The fraction of sp³-hybridized carbons (Fsp3) is 0.889. The van der Waals surface area contributed by atoms with Crippen LogP contribution in [0.1, 0.15) is 27.7 Å². The molecule has 0 aromatic rings. The Kier molecular flexibility index (Phi) is 5.12. The first-order valence-corrected chi connectivity index (χ1v) is 4.34. The molecule has 0 heterocycles. The van der Waals surface area contributed by atoms with Crippen molar-refractivity contribution in [3.05, 3.63) is 0 Å². The van der Waals surface area contributed by atoms with Gasteiger partial charge in [-0.2, -0.15) is 0 Å². The zero-order chi connectivity index (χ0) is 8.85. The number of hydrogen-bond acceptors (Lipinski definition) is 2. The largest absolute Gasteiger partial charge is 0.303 e. The zero-order valence-electron chi connectivity index (χ0n) is 8.05. The molecule has 1 unspecified atom stereocenters. The van der Waals surface area contributed by atoms with Gasteiger partial charge in [0.05, 0.1) is 0 Å². The van der Waals surface area contributed by atoms with Crippen LogP contribution in [0.3, 0.4) is 0 Å². The maximum atomic E-state index is 10.9. The molecule has 0 saturated heterocycles. The number of Topliss-reactive ketones (excluding diaryl/α,β-unsaturated/α-hetero) is 1. The van der Waals surface area contributed by atoms with E-state index in [9.17, 15) is 4.79 Å². The van der Waals surface area contributed by atoms with Crippen molar-refractivity contribution in [2.45, 2.75) is 27.7 Å². The molecular formula is C9H19NO. The number of carbonyl (C=O) groups excluding carboxylic acids is 1. The Balaban J connectivity index is 3.71. The third kappa shape index (κ3) is 4.14. The van der Waals surface area contributed by atoms with E-state index < -0.39 is 0 Å². The molecule has 0 rings (SSSR count). The second-order valence-corrected chi connectivity index (χ2v) is 3.00. The van der Waals surface area contributed by atoms with Gasteiger partial charge >= 0.3 is 0 Å². The van der Waals surface area contributed by atoms with Crippen molar-refractivity contribution in [2.75, 3.05) is 19.6 Å². The summed E-state index contributed by atoms with van der Waals surface area (Å²) in [5.74, 6) is 0.479. The van der Waals surface area contributed by atoms with Gasteiger partial charge in [-0.05, 0) is 20.0 Å². The normalized spacial score (nSPS) is 13.5. The Hall–Kier alpha value is -0.370. The molecule has 0 amide bonds. The van der Waals surface area contributed by atoms with E-state index in [0.717, 1.165) is 19.6 Å².